The van der Waals surface area contributed by atoms with Crippen molar-refractivity contribution in [1.29, 1.82) is 0 Å². The van der Waals surface area contributed by atoms with Crippen LogP contribution in [0.25, 0.3) is 5.57 Å². The summed E-state index contributed by atoms with van der Waals surface area (Å²) >= 11 is 0. The Bertz CT molecular complexity index is 397. The molecule has 1 atom stereocenters. The smallest absolute Gasteiger partial charge is 0.131 e. The zero-order valence-corrected chi connectivity index (χ0v) is 11.1. The molecule has 18 heavy (non-hydrogen) atoms. The van der Waals surface area contributed by atoms with Crippen LogP contribution in [0, 0.1) is 0 Å². The molecule has 4 nitrogen and oxygen atoms in total. The first-order chi connectivity index (χ1) is 8.70. The van der Waals surface area contributed by atoms with Crippen LogP contribution in [0.1, 0.15) is 19.1 Å². The van der Waals surface area contributed by atoms with Crippen LogP contribution in [0.3, 0.4) is 0 Å². The Kier molecular flexibility index (Phi) is 4.58. The predicted molar refractivity (Wildman–Crippen MR) is 70.2 cm³/mol. The van der Waals surface area contributed by atoms with Gasteiger partial charge in [-0.3, -0.25) is 4.90 Å². The summed E-state index contributed by atoms with van der Waals surface area (Å²) in [7, 11) is 1.61. The fourth-order valence-electron chi connectivity index (χ4n) is 2.35. The minimum atomic E-state index is -0.425. The molecule has 0 bridgehead atoms. The van der Waals surface area contributed by atoms with E-state index in [0.29, 0.717) is 13.2 Å². The highest BCUT2D eigenvalue weighted by Crippen LogP contribution is 2.26. The molecule has 1 aromatic heterocycles. The van der Waals surface area contributed by atoms with Gasteiger partial charge in [0.15, 0.2) is 0 Å². The lowest BCUT2D eigenvalue weighted by atomic mass is 9.99. The average molecular weight is 251 g/mol. The molecule has 0 aliphatic carbocycles. The highest BCUT2D eigenvalue weighted by Gasteiger charge is 2.21. The number of aliphatic hydroxyl groups is 1. The van der Waals surface area contributed by atoms with Crippen molar-refractivity contribution < 1.29 is 14.3 Å². The second-order valence-electron chi connectivity index (χ2n) is 4.83. The van der Waals surface area contributed by atoms with E-state index in [9.17, 15) is 5.11 Å². The first-order valence-electron chi connectivity index (χ1n) is 6.32. The molecule has 2 heterocycles. The molecular formula is C14H21NO3. The van der Waals surface area contributed by atoms with E-state index in [0.717, 1.165) is 25.3 Å². The third kappa shape index (κ3) is 3.22. The van der Waals surface area contributed by atoms with E-state index in [4.69, 9.17) is 9.15 Å². The maximum atomic E-state index is 9.78. The molecule has 0 fully saturated rings. The predicted octanol–water partition coefficient (Wildman–Crippen LogP) is 1.77. The zero-order chi connectivity index (χ0) is 13.0. The van der Waals surface area contributed by atoms with Crippen molar-refractivity contribution in [1.82, 2.24) is 4.90 Å². The Morgan fingerprint density at radius 3 is 3.06 bits per heavy atom. The third-order valence-corrected chi connectivity index (χ3v) is 3.35. The molecule has 0 saturated heterocycles. The van der Waals surface area contributed by atoms with Crippen LogP contribution in [0.5, 0.6) is 0 Å². The van der Waals surface area contributed by atoms with Gasteiger partial charge in [0.05, 0.1) is 19.0 Å². The molecule has 0 radical (unpaired) electrons. The minimum Gasteiger partial charge on any atom is -0.465 e. The van der Waals surface area contributed by atoms with Crippen molar-refractivity contribution in [3.05, 3.63) is 29.7 Å². The standard InChI is InChI=1S/C14H21NO3/c1-11-5-6-15(8-12(16)10-17-2)9-13(11)14-4-3-7-18-14/h3-4,7,12,16H,5-6,8-10H2,1-2H3. The zero-order valence-electron chi connectivity index (χ0n) is 11.1. The number of methoxy groups -OCH3 is 1. The number of nitrogens with zero attached hydrogens (tertiary/aromatic N) is 1. The SMILES string of the molecule is COCC(O)CN1CCC(C)=C(c2ccco2)C1. The van der Waals surface area contributed by atoms with Crippen LogP contribution in [-0.4, -0.2) is 49.5 Å². The molecule has 1 aromatic rings. The van der Waals surface area contributed by atoms with Gasteiger partial charge < -0.3 is 14.3 Å². The highest BCUT2D eigenvalue weighted by molar-refractivity contribution is 5.66. The van der Waals surface area contributed by atoms with Crippen LogP contribution >= 0.6 is 0 Å². The first-order valence-corrected chi connectivity index (χ1v) is 6.32. The van der Waals surface area contributed by atoms with Crippen molar-refractivity contribution in [3.8, 4) is 0 Å². The summed E-state index contributed by atoms with van der Waals surface area (Å²) in [5, 5.41) is 9.78. The number of hydrogen-bond acceptors (Lipinski definition) is 4. The van der Waals surface area contributed by atoms with Gasteiger partial charge in [-0.15, -0.1) is 0 Å². The number of hydrogen-bond donors (Lipinski definition) is 1. The Labute approximate surface area is 108 Å². The van der Waals surface area contributed by atoms with E-state index in [1.54, 1.807) is 13.4 Å². The minimum absolute atomic E-state index is 0.384. The fraction of sp³-hybridized carbons (Fsp3) is 0.571. The quantitative estimate of drug-likeness (QED) is 0.866. The largest absolute Gasteiger partial charge is 0.465 e. The average Bonchev–Trinajstić information content (AvgIpc) is 2.85. The lowest BCUT2D eigenvalue weighted by molar-refractivity contribution is 0.0400. The molecule has 0 aromatic carbocycles. The summed E-state index contributed by atoms with van der Waals surface area (Å²) in [6.07, 6.45) is 2.30. The molecule has 1 N–H and O–H groups in total. The topological polar surface area (TPSA) is 45.8 Å². The van der Waals surface area contributed by atoms with Gasteiger partial charge in [0.2, 0.25) is 0 Å². The Morgan fingerprint density at radius 1 is 1.56 bits per heavy atom. The van der Waals surface area contributed by atoms with Gasteiger partial charge in [0.25, 0.3) is 0 Å². The Hall–Kier alpha value is -1.10. The second kappa shape index (κ2) is 6.18. The second-order valence-corrected chi connectivity index (χ2v) is 4.83. The van der Waals surface area contributed by atoms with E-state index >= 15 is 0 Å². The van der Waals surface area contributed by atoms with E-state index in [2.05, 4.69) is 11.8 Å². The van der Waals surface area contributed by atoms with E-state index in [1.165, 1.54) is 11.1 Å². The Balaban J connectivity index is 2.00. The van der Waals surface area contributed by atoms with Crippen molar-refractivity contribution in [2.45, 2.75) is 19.4 Å². The lowest BCUT2D eigenvalue weighted by Crippen LogP contribution is -2.38. The lowest BCUT2D eigenvalue weighted by Gasteiger charge is -2.30. The summed E-state index contributed by atoms with van der Waals surface area (Å²) in [6, 6.07) is 3.91. The summed E-state index contributed by atoms with van der Waals surface area (Å²) in [4.78, 5) is 2.24. The Morgan fingerprint density at radius 2 is 2.39 bits per heavy atom. The molecule has 1 aliphatic rings. The number of furan rings is 1. The van der Waals surface area contributed by atoms with Gasteiger partial charge in [-0.25, -0.2) is 0 Å². The number of rotatable bonds is 5. The third-order valence-electron chi connectivity index (χ3n) is 3.35. The summed E-state index contributed by atoms with van der Waals surface area (Å²) in [5.41, 5.74) is 2.62. The number of ether oxygens (including phenoxy) is 1. The van der Waals surface area contributed by atoms with Gasteiger partial charge in [-0.05, 0) is 25.5 Å². The van der Waals surface area contributed by atoms with Gasteiger partial charge >= 0.3 is 0 Å². The van der Waals surface area contributed by atoms with Crippen molar-refractivity contribution in [2.24, 2.45) is 0 Å². The summed E-state index contributed by atoms with van der Waals surface area (Å²) in [5.74, 6) is 0.943. The van der Waals surface area contributed by atoms with Gasteiger partial charge in [-0.2, -0.15) is 0 Å². The maximum absolute atomic E-state index is 9.78. The van der Waals surface area contributed by atoms with Crippen LogP contribution in [0.15, 0.2) is 28.4 Å². The molecule has 0 saturated carbocycles. The number of β-amino-alcohol motifs (C(OH)–C–C–N with tert-alkyl or cyclic N) is 1. The highest BCUT2D eigenvalue weighted by atomic mass is 16.5. The van der Waals surface area contributed by atoms with Gasteiger partial charge in [-0.1, -0.05) is 5.57 Å². The molecule has 4 heteroatoms. The maximum Gasteiger partial charge on any atom is 0.131 e. The van der Waals surface area contributed by atoms with Crippen LogP contribution in [0.4, 0.5) is 0 Å². The molecule has 1 aliphatic heterocycles. The summed E-state index contributed by atoms with van der Waals surface area (Å²) in [6.45, 7) is 5.00. The van der Waals surface area contributed by atoms with E-state index in [1.807, 2.05) is 12.1 Å². The van der Waals surface area contributed by atoms with E-state index in [-0.39, 0.29) is 0 Å². The number of aliphatic hydroxyl groups excluding tert-OH is 1. The van der Waals surface area contributed by atoms with Crippen LogP contribution < -0.4 is 0 Å². The summed E-state index contributed by atoms with van der Waals surface area (Å²) < 4.78 is 10.4. The molecule has 1 unspecified atom stereocenters. The van der Waals surface area contributed by atoms with Crippen molar-refractivity contribution >= 4 is 5.57 Å². The van der Waals surface area contributed by atoms with Gasteiger partial charge in [0, 0.05) is 32.3 Å². The molecular weight excluding hydrogens is 230 g/mol. The van der Waals surface area contributed by atoms with Gasteiger partial charge in [0.1, 0.15) is 5.76 Å². The molecule has 100 valence electrons. The van der Waals surface area contributed by atoms with E-state index < -0.39 is 6.10 Å². The fourth-order valence-corrected chi connectivity index (χ4v) is 2.35. The normalized spacial score (nSPS) is 19.3. The van der Waals surface area contributed by atoms with Crippen molar-refractivity contribution in [2.75, 3.05) is 33.4 Å². The monoisotopic (exact) mass is 251 g/mol. The van der Waals surface area contributed by atoms with Crippen molar-refractivity contribution in [3.63, 3.8) is 0 Å². The first kappa shape index (κ1) is 13.3. The van der Waals surface area contributed by atoms with Crippen LogP contribution in [0.2, 0.25) is 0 Å². The molecule has 0 amide bonds. The van der Waals surface area contributed by atoms with Crippen LogP contribution in [-0.2, 0) is 4.74 Å². The molecule has 2 rings (SSSR count). The molecule has 0 spiro atoms.